The molecule has 0 N–H and O–H groups in total. The van der Waals surface area contributed by atoms with Gasteiger partial charge in [0, 0.05) is 55.8 Å². The van der Waals surface area contributed by atoms with Crippen molar-refractivity contribution in [1.29, 1.82) is 0 Å². The van der Waals surface area contributed by atoms with E-state index in [1.54, 1.807) is 25.3 Å². The van der Waals surface area contributed by atoms with Gasteiger partial charge < -0.3 is 19.1 Å². The Hall–Kier alpha value is -2.54. The highest BCUT2D eigenvalue weighted by Crippen LogP contribution is 2.39. The molecule has 4 rings (SSSR count). The van der Waals surface area contributed by atoms with Gasteiger partial charge in [0.2, 0.25) is 0 Å². The number of nitrogens with zero attached hydrogens (tertiary/aromatic N) is 2. The molecule has 2 aromatic carbocycles. The Kier molecular flexibility index (Phi) is 7.12. The van der Waals surface area contributed by atoms with Gasteiger partial charge in [0.1, 0.15) is 6.61 Å². The fraction of sp³-hybridized carbons (Fsp3) is 0.375. The molecule has 2 aliphatic rings. The van der Waals surface area contributed by atoms with Crippen LogP contribution in [0.2, 0.25) is 5.02 Å². The first kappa shape index (κ1) is 21.7. The van der Waals surface area contributed by atoms with E-state index in [1.807, 2.05) is 30.5 Å². The van der Waals surface area contributed by atoms with Crippen LogP contribution in [0, 0.1) is 0 Å². The van der Waals surface area contributed by atoms with Gasteiger partial charge in [-0.3, -0.25) is 9.69 Å². The third-order valence-electron chi connectivity index (χ3n) is 5.61. The molecule has 31 heavy (non-hydrogen) atoms. The van der Waals surface area contributed by atoms with Crippen molar-refractivity contribution in [1.82, 2.24) is 4.90 Å². The third-order valence-corrected chi connectivity index (χ3v) is 5.94. The van der Waals surface area contributed by atoms with E-state index in [0.717, 1.165) is 57.3 Å². The number of carbonyl (C=O) groups is 1. The Morgan fingerprint density at radius 1 is 1.16 bits per heavy atom. The SMILES string of the molecule is COc1cc2c(cc1OCCN1CCOCC1)N(C=CC(=O)c1ccccc1Cl)CC2. The number of ether oxygens (including phenoxy) is 3. The van der Waals surface area contributed by atoms with Crippen LogP contribution in [0.4, 0.5) is 5.69 Å². The molecule has 1 saturated heterocycles. The number of fused-ring (bicyclic) bond motifs is 1. The van der Waals surface area contributed by atoms with Gasteiger partial charge >= 0.3 is 0 Å². The maximum absolute atomic E-state index is 12.5. The number of methoxy groups -OCH3 is 1. The fourth-order valence-electron chi connectivity index (χ4n) is 3.87. The lowest BCUT2D eigenvalue weighted by Gasteiger charge is -2.26. The summed E-state index contributed by atoms with van der Waals surface area (Å²) in [5.74, 6) is 1.33. The van der Waals surface area contributed by atoms with Crippen molar-refractivity contribution in [3.63, 3.8) is 0 Å². The van der Waals surface area contributed by atoms with Crippen molar-refractivity contribution < 1.29 is 19.0 Å². The summed E-state index contributed by atoms with van der Waals surface area (Å²) in [6, 6.07) is 11.1. The van der Waals surface area contributed by atoms with E-state index in [0.29, 0.717) is 22.9 Å². The van der Waals surface area contributed by atoms with E-state index < -0.39 is 0 Å². The van der Waals surface area contributed by atoms with Gasteiger partial charge in [-0.25, -0.2) is 0 Å². The zero-order valence-electron chi connectivity index (χ0n) is 17.7. The second-order valence-electron chi connectivity index (χ2n) is 7.54. The highest BCUT2D eigenvalue weighted by molar-refractivity contribution is 6.34. The summed E-state index contributed by atoms with van der Waals surface area (Å²) in [6.45, 7) is 5.63. The Morgan fingerprint density at radius 3 is 2.74 bits per heavy atom. The Bertz CT molecular complexity index is 957. The van der Waals surface area contributed by atoms with Crippen molar-refractivity contribution in [2.45, 2.75) is 6.42 Å². The molecule has 0 atom stereocenters. The molecular formula is C24H27ClN2O4. The maximum Gasteiger partial charge on any atom is 0.188 e. The van der Waals surface area contributed by atoms with Crippen molar-refractivity contribution in [3.05, 3.63) is 64.8 Å². The average Bonchev–Trinajstić information content (AvgIpc) is 3.19. The Balaban J connectivity index is 1.45. The van der Waals surface area contributed by atoms with Crippen LogP contribution in [0.5, 0.6) is 11.5 Å². The zero-order valence-corrected chi connectivity index (χ0v) is 18.4. The summed E-state index contributed by atoms with van der Waals surface area (Å²) < 4.78 is 17.0. The molecule has 0 unspecified atom stereocenters. The molecule has 2 heterocycles. The van der Waals surface area contributed by atoms with Crippen LogP contribution in [-0.2, 0) is 11.2 Å². The number of morpholine rings is 1. The molecule has 0 amide bonds. The van der Waals surface area contributed by atoms with Crippen LogP contribution in [0.3, 0.4) is 0 Å². The highest BCUT2D eigenvalue weighted by Gasteiger charge is 2.22. The minimum atomic E-state index is -0.116. The topological polar surface area (TPSA) is 51.2 Å². The van der Waals surface area contributed by atoms with Crippen LogP contribution in [-0.4, -0.2) is 63.8 Å². The third kappa shape index (κ3) is 5.21. The van der Waals surface area contributed by atoms with E-state index in [2.05, 4.69) is 9.80 Å². The molecule has 0 aromatic heterocycles. The molecule has 0 saturated carbocycles. The van der Waals surface area contributed by atoms with Crippen LogP contribution in [0.15, 0.2) is 48.7 Å². The number of hydrogen-bond acceptors (Lipinski definition) is 6. The van der Waals surface area contributed by atoms with Gasteiger partial charge in [-0.1, -0.05) is 23.7 Å². The number of hydrogen-bond donors (Lipinski definition) is 0. The number of carbonyl (C=O) groups excluding carboxylic acids is 1. The Labute approximate surface area is 187 Å². The maximum atomic E-state index is 12.5. The van der Waals surface area contributed by atoms with Crippen molar-refractivity contribution >= 4 is 23.1 Å². The summed E-state index contributed by atoms with van der Waals surface area (Å²) >= 11 is 6.15. The first-order valence-electron chi connectivity index (χ1n) is 10.5. The fourth-order valence-corrected chi connectivity index (χ4v) is 4.09. The van der Waals surface area contributed by atoms with Gasteiger partial charge in [-0.15, -0.1) is 0 Å². The monoisotopic (exact) mass is 442 g/mol. The second-order valence-corrected chi connectivity index (χ2v) is 7.94. The quantitative estimate of drug-likeness (QED) is 0.457. The molecule has 2 aliphatic heterocycles. The van der Waals surface area contributed by atoms with Crippen molar-refractivity contribution in [3.8, 4) is 11.5 Å². The number of anilines is 1. The van der Waals surface area contributed by atoms with Crippen LogP contribution < -0.4 is 14.4 Å². The van der Waals surface area contributed by atoms with Crippen molar-refractivity contribution in [2.75, 3.05) is 58.0 Å². The largest absolute Gasteiger partial charge is 0.493 e. The lowest BCUT2D eigenvalue weighted by atomic mass is 10.1. The van der Waals surface area contributed by atoms with E-state index in [4.69, 9.17) is 25.8 Å². The molecule has 7 heteroatoms. The summed E-state index contributed by atoms with van der Waals surface area (Å²) in [4.78, 5) is 16.9. The minimum Gasteiger partial charge on any atom is -0.493 e. The van der Waals surface area contributed by atoms with Gasteiger partial charge in [0.15, 0.2) is 17.3 Å². The summed E-state index contributed by atoms with van der Waals surface area (Å²) in [5, 5.41) is 0.458. The molecule has 0 radical (unpaired) electrons. The van der Waals surface area contributed by atoms with E-state index in [-0.39, 0.29) is 5.78 Å². The number of rotatable bonds is 8. The molecule has 2 aromatic rings. The predicted octanol–water partition coefficient (Wildman–Crippen LogP) is 3.82. The molecule has 164 valence electrons. The van der Waals surface area contributed by atoms with Crippen LogP contribution in [0.25, 0.3) is 0 Å². The minimum absolute atomic E-state index is 0.116. The lowest BCUT2D eigenvalue weighted by molar-refractivity contribution is 0.0321. The number of benzene rings is 2. The Morgan fingerprint density at radius 2 is 1.97 bits per heavy atom. The number of halogens is 1. The van der Waals surface area contributed by atoms with E-state index in [9.17, 15) is 4.79 Å². The number of allylic oxidation sites excluding steroid dienone is 1. The summed E-state index contributed by atoms with van der Waals surface area (Å²) in [6.07, 6.45) is 4.27. The van der Waals surface area contributed by atoms with E-state index in [1.165, 1.54) is 5.56 Å². The molecular weight excluding hydrogens is 416 g/mol. The predicted molar refractivity (Wildman–Crippen MR) is 122 cm³/mol. The molecule has 0 spiro atoms. The van der Waals surface area contributed by atoms with Gasteiger partial charge in [0.05, 0.1) is 25.3 Å². The molecule has 6 nitrogen and oxygen atoms in total. The highest BCUT2D eigenvalue weighted by atomic mass is 35.5. The molecule has 0 bridgehead atoms. The normalized spacial score (nSPS) is 16.5. The van der Waals surface area contributed by atoms with Gasteiger partial charge in [0.25, 0.3) is 0 Å². The molecule has 0 aliphatic carbocycles. The summed E-state index contributed by atoms with van der Waals surface area (Å²) in [7, 11) is 1.66. The first-order chi connectivity index (χ1) is 15.2. The molecule has 1 fully saturated rings. The van der Waals surface area contributed by atoms with Crippen LogP contribution in [0.1, 0.15) is 15.9 Å². The lowest BCUT2D eigenvalue weighted by Crippen LogP contribution is -2.38. The van der Waals surface area contributed by atoms with Crippen molar-refractivity contribution in [2.24, 2.45) is 0 Å². The zero-order chi connectivity index (χ0) is 21.6. The van der Waals surface area contributed by atoms with E-state index >= 15 is 0 Å². The summed E-state index contributed by atoms with van der Waals surface area (Å²) in [5.41, 5.74) is 2.71. The standard InChI is InChI=1S/C24H27ClN2O4/c1-29-23-16-18-6-8-27(9-7-22(28)19-4-2-3-5-20(19)25)21(18)17-24(23)31-15-12-26-10-13-30-14-11-26/h2-5,7,9,16-17H,6,8,10-15H2,1H3. The van der Waals surface area contributed by atoms with Gasteiger partial charge in [-0.05, 0) is 30.2 Å². The second kappa shape index (κ2) is 10.2. The van der Waals surface area contributed by atoms with Crippen LogP contribution >= 0.6 is 11.6 Å². The number of ketones is 1. The average molecular weight is 443 g/mol. The smallest absolute Gasteiger partial charge is 0.188 e. The van der Waals surface area contributed by atoms with Gasteiger partial charge in [-0.2, -0.15) is 0 Å². The first-order valence-corrected chi connectivity index (χ1v) is 10.9.